The first-order valence-corrected chi connectivity index (χ1v) is 10.9. The van der Waals surface area contributed by atoms with Gasteiger partial charge in [0.2, 0.25) is 0 Å². The van der Waals surface area contributed by atoms with E-state index in [1.165, 1.54) is 13.0 Å². The number of rotatable bonds is 9. The van der Waals surface area contributed by atoms with Crippen molar-refractivity contribution in [1.29, 1.82) is 0 Å². The van der Waals surface area contributed by atoms with Gasteiger partial charge in [-0.05, 0) is 65.0 Å². The van der Waals surface area contributed by atoms with Crippen molar-refractivity contribution in [2.75, 3.05) is 59.4 Å². The van der Waals surface area contributed by atoms with E-state index in [1.807, 2.05) is 45.0 Å². The Balaban J connectivity index is 0.00000450. The van der Waals surface area contributed by atoms with Crippen molar-refractivity contribution >= 4 is 29.9 Å². The smallest absolute Gasteiger partial charge is 0.191 e. The molecule has 172 valence electrons. The van der Waals surface area contributed by atoms with Crippen LogP contribution in [-0.4, -0.2) is 86.4 Å². The number of likely N-dealkylation sites (N-methyl/N-ethyl adjacent to an activating group) is 1. The molecule has 3 N–H and O–H groups in total. The topological polar surface area (TPSA) is 72.4 Å². The lowest BCUT2D eigenvalue weighted by molar-refractivity contribution is 0.185. The quantitative estimate of drug-likeness (QED) is 0.257. The largest absolute Gasteiger partial charge is 0.491 e. The Morgan fingerprint density at radius 3 is 2.73 bits per heavy atom. The van der Waals surface area contributed by atoms with Crippen LogP contribution in [0.15, 0.2) is 29.3 Å². The molecule has 0 aromatic heterocycles. The molecule has 2 rings (SSSR count). The number of nitrogens with zero attached hydrogens (tertiary/aromatic N) is 3. The number of hydrogen-bond donors (Lipinski definition) is 3. The zero-order valence-electron chi connectivity index (χ0n) is 18.9. The maximum absolute atomic E-state index is 10.6. The number of nitrogens with one attached hydrogen (secondary N) is 2. The standard InChI is InChI=1S/C22H39N5O2.HI/c1-5-23-22(24-10-13-27-12-7-11-26(4)14-15-27)25-17-21(28)19-8-6-9-20(16-19)29-18(2)3;/h6,8-9,16,18,21,28H,5,7,10-15,17H2,1-4H3,(H2,23,24,25);1H. The number of hydrogen-bond acceptors (Lipinski definition) is 5. The fourth-order valence-corrected chi connectivity index (χ4v) is 3.35. The maximum Gasteiger partial charge on any atom is 0.191 e. The molecule has 1 saturated heterocycles. The Kier molecular flexibility index (Phi) is 13.3. The first kappa shape index (κ1) is 26.9. The molecule has 0 spiro atoms. The van der Waals surface area contributed by atoms with Crippen LogP contribution in [0.5, 0.6) is 5.75 Å². The summed E-state index contributed by atoms with van der Waals surface area (Å²) in [5.41, 5.74) is 0.816. The van der Waals surface area contributed by atoms with Crippen LogP contribution in [0.25, 0.3) is 0 Å². The van der Waals surface area contributed by atoms with Crippen LogP contribution in [0.1, 0.15) is 38.9 Å². The van der Waals surface area contributed by atoms with Crippen molar-refractivity contribution in [3.05, 3.63) is 29.8 Å². The van der Waals surface area contributed by atoms with Crippen LogP contribution in [0.2, 0.25) is 0 Å². The number of halogens is 1. The molecule has 30 heavy (non-hydrogen) atoms. The molecule has 1 unspecified atom stereocenters. The molecule has 0 bridgehead atoms. The van der Waals surface area contributed by atoms with Gasteiger partial charge in [0, 0.05) is 32.7 Å². The van der Waals surface area contributed by atoms with Crippen LogP contribution < -0.4 is 15.4 Å². The molecule has 1 aliphatic heterocycles. The van der Waals surface area contributed by atoms with Crippen molar-refractivity contribution in [1.82, 2.24) is 20.4 Å². The summed E-state index contributed by atoms with van der Waals surface area (Å²) < 4.78 is 5.72. The predicted molar refractivity (Wildman–Crippen MR) is 135 cm³/mol. The van der Waals surface area contributed by atoms with E-state index in [0.717, 1.165) is 56.5 Å². The van der Waals surface area contributed by atoms with Gasteiger partial charge in [-0.3, -0.25) is 4.99 Å². The monoisotopic (exact) mass is 533 g/mol. The molecule has 0 radical (unpaired) electrons. The lowest BCUT2D eigenvalue weighted by Crippen LogP contribution is -2.42. The zero-order chi connectivity index (χ0) is 21.1. The number of aliphatic hydroxyl groups is 1. The molecule has 1 heterocycles. The van der Waals surface area contributed by atoms with E-state index in [1.54, 1.807) is 0 Å². The van der Waals surface area contributed by atoms with Gasteiger partial charge in [-0.2, -0.15) is 0 Å². The maximum atomic E-state index is 10.6. The van der Waals surface area contributed by atoms with Crippen molar-refractivity contribution < 1.29 is 9.84 Å². The number of aliphatic hydroxyl groups excluding tert-OH is 1. The van der Waals surface area contributed by atoms with Gasteiger partial charge in [0.1, 0.15) is 5.75 Å². The van der Waals surface area contributed by atoms with E-state index in [9.17, 15) is 5.11 Å². The molecule has 8 heteroatoms. The van der Waals surface area contributed by atoms with E-state index in [0.29, 0.717) is 6.54 Å². The normalized spacial score (nSPS) is 17.2. The highest BCUT2D eigenvalue weighted by Crippen LogP contribution is 2.20. The van der Waals surface area contributed by atoms with Gasteiger partial charge in [-0.25, -0.2) is 0 Å². The van der Waals surface area contributed by atoms with Crippen molar-refractivity contribution in [3.63, 3.8) is 0 Å². The summed E-state index contributed by atoms with van der Waals surface area (Å²) in [7, 11) is 2.19. The minimum atomic E-state index is -0.665. The number of guanidine groups is 1. The molecule has 0 amide bonds. The van der Waals surface area contributed by atoms with E-state index >= 15 is 0 Å². The van der Waals surface area contributed by atoms with E-state index in [-0.39, 0.29) is 30.1 Å². The Morgan fingerprint density at radius 1 is 1.20 bits per heavy atom. The second-order valence-corrected chi connectivity index (χ2v) is 7.90. The second-order valence-electron chi connectivity index (χ2n) is 7.90. The van der Waals surface area contributed by atoms with Gasteiger partial charge in [0.15, 0.2) is 5.96 Å². The third-order valence-corrected chi connectivity index (χ3v) is 4.91. The highest BCUT2D eigenvalue weighted by molar-refractivity contribution is 14.0. The lowest BCUT2D eigenvalue weighted by atomic mass is 10.1. The molecule has 1 aromatic rings. The second kappa shape index (κ2) is 14.8. The lowest BCUT2D eigenvalue weighted by Gasteiger charge is -2.21. The van der Waals surface area contributed by atoms with Gasteiger partial charge in [-0.15, -0.1) is 24.0 Å². The van der Waals surface area contributed by atoms with Gasteiger partial charge < -0.3 is 30.3 Å². The van der Waals surface area contributed by atoms with Crippen LogP contribution >= 0.6 is 24.0 Å². The van der Waals surface area contributed by atoms with E-state index < -0.39 is 6.10 Å². The number of ether oxygens (including phenoxy) is 1. The highest BCUT2D eigenvalue weighted by Gasteiger charge is 2.12. The predicted octanol–water partition coefficient (Wildman–Crippen LogP) is 2.32. The molecule has 1 fully saturated rings. The summed E-state index contributed by atoms with van der Waals surface area (Å²) in [4.78, 5) is 9.46. The summed E-state index contributed by atoms with van der Waals surface area (Å²) in [6.07, 6.45) is 0.660. The number of aliphatic imine (C=N–C) groups is 1. The average Bonchev–Trinajstić information content (AvgIpc) is 2.89. The molecule has 1 aliphatic rings. The van der Waals surface area contributed by atoms with Gasteiger partial charge in [0.05, 0.1) is 18.8 Å². The van der Waals surface area contributed by atoms with Crippen LogP contribution in [0, 0.1) is 0 Å². The summed E-state index contributed by atoms with van der Waals surface area (Å²) in [6, 6.07) is 7.61. The average molecular weight is 533 g/mol. The van der Waals surface area contributed by atoms with Gasteiger partial charge in [0.25, 0.3) is 0 Å². The van der Waals surface area contributed by atoms with Gasteiger partial charge in [-0.1, -0.05) is 12.1 Å². The Morgan fingerprint density at radius 2 is 2.00 bits per heavy atom. The minimum absolute atomic E-state index is 0. The van der Waals surface area contributed by atoms with Crippen LogP contribution in [0.3, 0.4) is 0 Å². The Labute approximate surface area is 199 Å². The van der Waals surface area contributed by atoms with Crippen molar-refractivity contribution in [2.45, 2.75) is 39.4 Å². The molecule has 7 nitrogen and oxygen atoms in total. The van der Waals surface area contributed by atoms with Crippen molar-refractivity contribution in [3.8, 4) is 5.75 Å². The summed E-state index contributed by atoms with van der Waals surface area (Å²) in [6.45, 7) is 13.5. The molecule has 1 atom stereocenters. The van der Waals surface area contributed by atoms with E-state index in [4.69, 9.17) is 4.74 Å². The van der Waals surface area contributed by atoms with Crippen LogP contribution in [0.4, 0.5) is 0 Å². The summed E-state index contributed by atoms with van der Waals surface area (Å²) in [5.74, 6) is 1.52. The minimum Gasteiger partial charge on any atom is -0.491 e. The SMILES string of the molecule is CCNC(=NCC(O)c1cccc(OC(C)C)c1)NCCN1CCCN(C)CC1.I. The first-order chi connectivity index (χ1) is 14.0. The molecule has 0 aliphatic carbocycles. The number of benzene rings is 1. The highest BCUT2D eigenvalue weighted by atomic mass is 127. The fourth-order valence-electron chi connectivity index (χ4n) is 3.35. The van der Waals surface area contributed by atoms with Gasteiger partial charge >= 0.3 is 0 Å². The molecule has 1 aromatic carbocycles. The first-order valence-electron chi connectivity index (χ1n) is 10.9. The molecular weight excluding hydrogens is 493 g/mol. The molecule has 0 saturated carbocycles. The third-order valence-electron chi connectivity index (χ3n) is 4.91. The Hall–Kier alpha value is -1.10. The van der Waals surface area contributed by atoms with Crippen LogP contribution in [-0.2, 0) is 0 Å². The summed E-state index contributed by atoms with van der Waals surface area (Å²) in [5, 5.41) is 17.2. The third kappa shape index (κ3) is 10.3. The fraction of sp³-hybridized carbons (Fsp3) is 0.682. The Bertz CT molecular complexity index is 629. The summed E-state index contributed by atoms with van der Waals surface area (Å²) >= 11 is 0. The zero-order valence-corrected chi connectivity index (χ0v) is 21.3. The van der Waals surface area contributed by atoms with Crippen molar-refractivity contribution in [2.24, 2.45) is 4.99 Å². The molecular formula is C22H40IN5O2. The van der Waals surface area contributed by atoms with E-state index in [2.05, 4.69) is 32.5 Å².